The molecule has 3 rings (SSSR count). The Kier molecular flexibility index (Phi) is 2.95. The van der Waals surface area contributed by atoms with Crippen molar-refractivity contribution in [2.24, 2.45) is 17.8 Å². The van der Waals surface area contributed by atoms with E-state index < -0.39 is 0 Å². The number of fused-ring (bicyclic) bond motifs is 2. The molecule has 3 unspecified atom stereocenters. The fraction of sp³-hybridized carbons (Fsp3) is 0.600. The summed E-state index contributed by atoms with van der Waals surface area (Å²) in [6, 6.07) is 5.95. The highest BCUT2D eigenvalue weighted by Gasteiger charge is 2.39. The molecule has 2 aliphatic carbocycles. The lowest BCUT2D eigenvalue weighted by atomic mass is 9.89. The van der Waals surface area contributed by atoms with Crippen molar-refractivity contribution in [3.05, 3.63) is 23.4 Å². The van der Waals surface area contributed by atoms with Gasteiger partial charge >= 0.3 is 0 Å². The lowest BCUT2D eigenvalue weighted by Crippen LogP contribution is -2.21. The number of hydrogen-bond donors (Lipinski definition) is 1. The van der Waals surface area contributed by atoms with E-state index in [1.165, 1.54) is 25.7 Å². The quantitative estimate of drug-likeness (QED) is 0.884. The predicted octanol–water partition coefficient (Wildman–Crippen LogP) is 3.11. The van der Waals surface area contributed by atoms with Crippen molar-refractivity contribution in [2.45, 2.75) is 32.6 Å². The molecule has 2 aliphatic rings. The van der Waals surface area contributed by atoms with Gasteiger partial charge in [0, 0.05) is 12.2 Å². The van der Waals surface area contributed by atoms with Crippen molar-refractivity contribution in [3.8, 4) is 6.07 Å². The molecule has 3 atom stereocenters. The molecule has 3 heteroatoms. The highest BCUT2D eigenvalue weighted by Crippen LogP contribution is 2.48. The number of aryl methyl sites for hydroxylation is 1. The third-order valence-electron chi connectivity index (χ3n) is 4.57. The molecule has 3 nitrogen and oxygen atoms in total. The average Bonchev–Trinajstić information content (AvgIpc) is 2.98. The number of hydrogen-bond acceptors (Lipinski definition) is 3. The first kappa shape index (κ1) is 11.5. The van der Waals surface area contributed by atoms with Gasteiger partial charge in [-0.25, -0.2) is 4.98 Å². The molecular formula is C15H19N3. The van der Waals surface area contributed by atoms with Gasteiger partial charge in [-0.1, -0.05) is 6.42 Å². The van der Waals surface area contributed by atoms with Crippen LogP contribution in [-0.2, 0) is 0 Å². The van der Waals surface area contributed by atoms with E-state index >= 15 is 0 Å². The predicted molar refractivity (Wildman–Crippen MR) is 71.1 cm³/mol. The zero-order valence-corrected chi connectivity index (χ0v) is 10.8. The molecule has 0 saturated heterocycles. The average molecular weight is 241 g/mol. The van der Waals surface area contributed by atoms with Crippen LogP contribution in [0.5, 0.6) is 0 Å². The molecule has 0 aromatic carbocycles. The molecule has 2 fully saturated rings. The monoisotopic (exact) mass is 241 g/mol. The van der Waals surface area contributed by atoms with Crippen LogP contribution >= 0.6 is 0 Å². The molecule has 1 aromatic heterocycles. The Morgan fingerprint density at radius 2 is 2.28 bits per heavy atom. The summed E-state index contributed by atoms with van der Waals surface area (Å²) in [5.74, 6) is 3.44. The Hall–Kier alpha value is -1.56. The lowest BCUT2D eigenvalue weighted by Gasteiger charge is -2.22. The van der Waals surface area contributed by atoms with E-state index in [-0.39, 0.29) is 0 Å². The lowest BCUT2D eigenvalue weighted by molar-refractivity contribution is 0.348. The summed E-state index contributed by atoms with van der Waals surface area (Å²) < 4.78 is 0. The number of nitrogens with zero attached hydrogens (tertiary/aromatic N) is 2. The highest BCUT2D eigenvalue weighted by atomic mass is 15.0. The Morgan fingerprint density at radius 3 is 2.94 bits per heavy atom. The van der Waals surface area contributed by atoms with Crippen LogP contribution in [-0.4, -0.2) is 11.5 Å². The third-order valence-corrected chi connectivity index (χ3v) is 4.57. The molecule has 0 radical (unpaired) electrons. The molecule has 18 heavy (non-hydrogen) atoms. The topological polar surface area (TPSA) is 48.7 Å². The maximum Gasteiger partial charge on any atom is 0.144 e. The minimum Gasteiger partial charge on any atom is -0.369 e. The van der Waals surface area contributed by atoms with Gasteiger partial charge in [0.05, 0.1) is 5.56 Å². The summed E-state index contributed by atoms with van der Waals surface area (Å²) in [4.78, 5) is 4.43. The van der Waals surface area contributed by atoms with Crippen LogP contribution < -0.4 is 5.32 Å². The minimum absolute atomic E-state index is 0.656. The Labute approximate surface area is 108 Å². The van der Waals surface area contributed by atoms with E-state index in [9.17, 15) is 0 Å². The number of aromatic nitrogens is 1. The zero-order valence-electron chi connectivity index (χ0n) is 10.8. The van der Waals surface area contributed by atoms with Crippen LogP contribution in [0, 0.1) is 36.0 Å². The number of rotatable bonds is 3. The first-order chi connectivity index (χ1) is 8.76. The normalized spacial score (nSPS) is 29.2. The fourth-order valence-corrected chi connectivity index (χ4v) is 3.64. The van der Waals surface area contributed by atoms with Crippen molar-refractivity contribution in [1.82, 2.24) is 4.98 Å². The van der Waals surface area contributed by atoms with Crippen molar-refractivity contribution in [3.63, 3.8) is 0 Å². The first-order valence-electron chi connectivity index (χ1n) is 6.88. The number of nitrogens with one attached hydrogen (secondary N) is 1. The molecular weight excluding hydrogens is 222 g/mol. The standard InChI is InChI=1S/C15H19N3/c1-10-2-4-13(8-16)15(18-10)17-9-14-7-11-3-5-12(14)6-11/h2,4,11-12,14H,3,5-7,9H2,1H3,(H,17,18). The molecule has 2 saturated carbocycles. The Balaban J connectivity index is 1.66. The summed E-state index contributed by atoms with van der Waals surface area (Å²) in [6.45, 7) is 2.94. The summed E-state index contributed by atoms with van der Waals surface area (Å²) in [7, 11) is 0. The third kappa shape index (κ3) is 2.08. The van der Waals surface area contributed by atoms with E-state index in [4.69, 9.17) is 5.26 Å². The van der Waals surface area contributed by atoms with Crippen molar-refractivity contribution >= 4 is 5.82 Å². The van der Waals surface area contributed by atoms with Crippen LogP contribution in [0.2, 0.25) is 0 Å². The zero-order chi connectivity index (χ0) is 12.5. The maximum absolute atomic E-state index is 9.08. The number of anilines is 1. The number of nitriles is 1. The van der Waals surface area contributed by atoms with Crippen LogP contribution in [0.1, 0.15) is 36.9 Å². The van der Waals surface area contributed by atoms with Crippen molar-refractivity contribution in [1.29, 1.82) is 5.26 Å². The van der Waals surface area contributed by atoms with Gasteiger partial charge in [0.1, 0.15) is 11.9 Å². The van der Waals surface area contributed by atoms with Gasteiger partial charge in [-0.15, -0.1) is 0 Å². The van der Waals surface area contributed by atoms with Crippen LogP contribution in [0.4, 0.5) is 5.82 Å². The smallest absolute Gasteiger partial charge is 0.144 e. The molecule has 0 amide bonds. The van der Waals surface area contributed by atoms with Crippen molar-refractivity contribution in [2.75, 3.05) is 11.9 Å². The summed E-state index contributed by atoms with van der Waals surface area (Å²) in [5, 5.41) is 12.5. The molecule has 1 heterocycles. The summed E-state index contributed by atoms with van der Waals surface area (Å²) >= 11 is 0. The second-order valence-corrected chi connectivity index (χ2v) is 5.78. The SMILES string of the molecule is Cc1ccc(C#N)c(NCC2CC3CCC2C3)n1. The molecule has 1 aromatic rings. The molecule has 0 aliphatic heterocycles. The van der Waals surface area contributed by atoms with Gasteiger partial charge in [-0.2, -0.15) is 5.26 Å². The molecule has 94 valence electrons. The summed E-state index contributed by atoms with van der Waals surface area (Å²) in [5.41, 5.74) is 1.62. The van der Waals surface area contributed by atoms with E-state index in [1.54, 1.807) is 0 Å². The maximum atomic E-state index is 9.08. The molecule has 0 spiro atoms. The largest absolute Gasteiger partial charge is 0.369 e. The highest BCUT2D eigenvalue weighted by molar-refractivity contribution is 5.52. The van der Waals surface area contributed by atoms with Crippen LogP contribution in [0.15, 0.2) is 12.1 Å². The Bertz CT molecular complexity index is 489. The van der Waals surface area contributed by atoms with Gasteiger partial charge in [0.2, 0.25) is 0 Å². The molecule has 2 bridgehead atoms. The van der Waals surface area contributed by atoms with E-state index in [2.05, 4.69) is 16.4 Å². The minimum atomic E-state index is 0.656. The molecule has 1 N–H and O–H groups in total. The second-order valence-electron chi connectivity index (χ2n) is 5.78. The fourth-order valence-electron chi connectivity index (χ4n) is 3.64. The second kappa shape index (κ2) is 4.61. The van der Waals surface area contributed by atoms with Gasteiger partial charge in [0.15, 0.2) is 0 Å². The van der Waals surface area contributed by atoms with Gasteiger partial charge in [-0.3, -0.25) is 0 Å². The summed E-state index contributed by atoms with van der Waals surface area (Å²) in [6.07, 6.45) is 5.64. The van der Waals surface area contributed by atoms with E-state index in [0.29, 0.717) is 5.56 Å². The van der Waals surface area contributed by atoms with Crippen LogP contribution in [0.3, 0.4) is 0 Å². The van der Waals surface area contributed by atoms with Gasteiger partial charge < -0.3 is 5.32 Å². The van der Waals surface area contributed by atoms with E-state index in [1.807, 2.05) is 19.1 Å². The van der Waals surface area contributed by atoms with E-state index in [0.717, 1.165) is 35.8 Å². The van der Waals surface area contributed by atoms with Gasteiger partial charge in [-0.05, 0) is 56.1 Å². The van der Waals surface area contributed by atoms with Gasteiger partial charge in [0.25, 0.3) is 0 Å². The van der Waals surface area contributed by atoms with Crippen LogP contribution in [0.25, 0.3) is 0 Å². The van der Waals surface area contributed by atoms with Crippen molar-refractivity contribution < 1.29 is 0 Å². The Morgan fingerprint density at radius 1 is 1.39 bits per heavy atom. The first-order valence-corrected chi connectivity index (χ1v) is 6.88. The number of pyridine rings is 1.